The summed E-state index contributed by atoms with van der Waals surface area (Å²) < 4.78 is 29.1. The summed E-state index contributed by atoms with van der Waals surface area (Å²) in [6.45, 7) is 3.34. The Bertz CT molecular complexity index is 1200. The van der Waals surface area contributed by atoms with Crippen molar-refractivity contribution in [1.29, 1.82) is 0 Å². The number of methoxy groups -OCH3 is 1. The van der Waals surface area contributed by atoms with Crippen molar-refractivity contribution in [2.75, 3.05) is 20.3 Å². The van der Waals surface area contributed by atoms with Gasteiger partial charge in [-0.25, -0.2) is 4.98 Å². The highest BCUT2D eigenvalue weighted by molar-refractivity contribution is 5.56. The van der Waals surface area contributed by atoms with Crippen molar-refractivity contribution < 1.29 is 23.5 Å². The Hall–Kier alpha value is -3.80. The van der Waals surface area contributed by atoms with Crippen molar-refractivity contribution in [2.45, 2.75) is 32.5 Å². The van der Waals surface area contributed by atoms with E-state index in [4.69, 9.17) is 23.5 Å². The second-order valence-electron chi connectivity index (χ2n) is 7.20. The van der Waals surface area contributed by atoms with Crippen LogP contribution in [-0.2, 0) is 11.3 Å². The summed E-state index contributed by atoms with van der Waals surface area (Å²) in [6, 6.07) is 3.44. The van der Waals surface area contributed by atoms with Gasteiger partial charge in [0.1, 0.15) is 18.5 Å². The summed E-state index contributed by atoms with van der Waals surface area (Å²) in [5, 5.41) is 16.7. The third-order valence-corrected chi connectivity index (χ3v) is 4.90. The first-order chi connectivity index (χ1) is 15.7. The van der Waals surface area contributed by atoms with E-state index in [1.165, 1.54) is 11.6 Å². The molecule has 5 rings (SSSR count). The van der Waals surface area contributed by atoms with E-state index in [2.05, 4.69) is 30.4 Å². The van der Waals surface area contributed by atoms with E-state index < -0.39 is 0 Å². The van der Waals surface area contributed by atoms with E-state index in [9.17, 15) is 0 Å². The fourth-order valence-electron chi connectivity index (χ4n) is 3.26. The van der Waals surface area contributed by atoms with Gasteiger partial charge < -0.3 is 23.5 Å². The van der Waals surface area contributed by atoms with Crippen molar-refractivity contribution >= 4 is 5.65 Å². The van der Waals surface area contributed by atoms with Gasteiger partial charge in [0.05, 0.1) is 38.4 Å². The molecule has 1 aliphatic rings. The lowest BCUT2D eigenvalue weighted by atomic mass is 10.2. The first kappa shape index (κ1) is 20.1. The molecule has 166 valence electrons. The summed E-state index contributed by atoms with van der Waals surface area (Å²) in [5.74, 6) is 2.24. The molecule has 32 heavy (non-hydrogen) atoms. The maximum atomic E-state index is 5.86. The summed E-state index contributed by atoms with van der Waals surface area (Å²) >= 11 is 0. The number of fused-ring (bicyclic) bond motifs is 1. The molecule has 0 spiro atoms. The van der Waals surface area contributed by atoms with E-state index >= 15 is 0 Å². The van der Waals surface area contributed by atoms with Crippen LogP contribution in [0.2, 0.25) is 0 Å². The molecule has 0 radical (unpaired) electrons. The van der Waals surface area contributed by atoms with Gasteiger partial charge in [-0.05, 0) is 6.92 Å². The van der Waals surface area contributed by atoms with Crippen molar-refractivity contribution in [3.05, 3.63) is 36.0 Å². The number of hydrogen-bond donors (Lipinski definition) is 0. The van der Waals surface area contributed by atoms with E-state index in [1.807, 2.05) is 0 Å². The van der Waals surface area contributed by atoms with Gasteiger partial charge in [0, 0.05) is 25.0 Å². The molecule has 0 atom stereocenters. The van der Waals surface area contributed by atoms with Crippen LogP contribution in [0, 0.1) is 6.92 Å². The van der Waals surface area contributed by atoms with Gasteiger partial charge in [-0.2, -0.15) is 4.52 Å². The van der Waals surface area contributed by atoms with Crippen molar-refractivity contribution in [3.8, 4) is 29.0 Å². The standard InChI is InChI=1S/C20H21N7O5/c1-12-7-15(26-32-12)19-24-23-17-8-16(28-2)20(25-27(17)19)30-11-13-9-22-18(10-21-13)31-14-3-5-29-6-4-14/h7-10,14H,3-6,11H2,1-2H3. The molecule has 0 bridgehead atoms. The van der Waals surface area contributed by atoms with Crippen LogP contribution >= 0.6 is 0 Å². The van der Waals surface area contributed by atoms with Gasteiger partial charge in [-0.1, -0.05) is 5.16 Å². The molecule has 0 unspecified atom stereocenters. The molecule has 4 aromatic rings. The molecular weight excluding hydrogens is 418 g/mol. The highest BCUT2D eigenvalue weighted by atomic mass is 16.5. The quantitative estimate of drug-likeness (QED) is 0.419. The maximum absolute atomic E-state index is 5.86. The Morgan fingerprint density at radius 1 is 1.12 bits per heavy atom. The molecule has 0 N–H and O–H groups in total. The van der Waals surface area contributed by atoms with Crippen LogP contribution in [0.15, 0.2) is 29.0 Å². The van der Waals surface area contributed by atoms with Gasteiger partial charge in [0.25, 0.3) is 5.88 Å². The molecular formula is C20H21N7O5. The van der Waals surface area contributed by atoms with Gasteiger partial charge in [0.15, 0.2) is 17.1 Å². The van der Waals surface area contributed by atoms with E-state index in [-0.39, 0.29) is 18.6 Å². The zero-order chi connectivity index (χ0) is 21.9. The number of hydrogen-bond acceptors (Lipinski definition) is 11. The third kappa shape index (κ3) is 4.17. The van der Waals surface area contributed by atoms with E-state index in [0.29, 0.717) is 53.5 Å². The normalized spacial score (nSPS) is 14.6. The lowest BCUT2D eigenvalue weighted by molar-refractivity contribution is 0.0235. The highest BCUT2D eigenvalue weighted by Crippen LogP contribution is 2.28. The smallest absolute Gasteiger partial charge is 0.275 e. The van der Waals surface area contributed by atoms with Crippen molar-refractivity contribution in [2.24, 2.45) is 0 Å². The molecule has 1 fully saturated rings. The van der Waals surface area contributed by atoms with Crippen molar-refractivity contribution in [3.63, 3.8) is 0 Å². The third-order valence-electron chi connectivity index (χ3n) is 4.90. The van der Waals surface area contributed by atoms with Gasteiger partial charge >= 0.3 is 0 Å². The monoisotopic (exact) mass is 439 g/mol. The summed E-state index contributed by atoms with van der Waals surface area (Å²) in [4.78, 5) is 8.69. The fraction of sp³-hybridized carbons (Fsp3) is 0.400. The number of nitrogens with zero attached hydrogens (tertiary/aromatic N) is 7. The van der Waals surface area contributed by atoms with Crippen LogP contribution in [0.3, 0.4) is 0 Å². The van der Waals surface area contributed by atoms with E-state index in [0.717, 1.165) is 12.8 Å². The Morgan fingerprint density at radius 2 is 2.00 bits per heavy atom. The second-order valence-corrected chi connectivity index (χ2v) is 7.20. The SMILES string of the molecule is COc1cc2nnc(-c3cc(C)on3)n2nc1OCc1cnc(OC2CCOCC2)cn1. The zero-order valence-electron chi connectivity index (χ0n) is 17.6. The minimum Gasteiger partial charge on any atom is -0.491 e. The zero-order valence-corrected chi connectivity index (χ0v) is 17.6. The Labute approximate surface area is 182 Å². The molecule has 1 saturated heterocycles. The van der Waals surface area contributed by atoms with Crippen LogP contribution in [0.5, 0.6) is 17.5 Å². The van der Waals surface area contributed by atoms with Crippen LogP contribution in [0.1, 0.15) is 24.3 Å². The second kappa shape index (κ2) is 8.75. The Balaban J connectivity index is 1.32. The first-order valence-electron chi connectivity index (χ1n) is 10.1. The minimum absolute atomic E-state index is 0.104. The van der Waals surface area contributed by atoms with Crippen molar-refractivity contribution in [1.82, 2.24) is 34.9 Å². The van der Waals surface area contributed by atoms with Gasteiger partial charge in [-0.3, -0.25) is 4.98 Å². The molecule has 0 saturated carbocycles. The topological polar surface area (TPSA) is 132 Å². The number of ether oxygens (including phenoxy) is 4. The minimum atomic E-state index is 0.104. The predicted molar refractivity (Wildman–Crippen MR) is 108 cm³/mol. The first-order valence-corrected chi connectivity index (χ1v) is 10.1. The number of rotatable bonds is 7. The average molecular weight is 439 g/mol. The average Bonchev–Trinajstić information content (AvgIpc) is 3.44. The summed E-state index contributed by atoms with van der Waals surface area (Å²) in [6.07, 6.45) is 5.00. The van der Waals surface area contributed by atoms with Gasteiger partial charge in [0.2, 0.25) is 11.7 Å². The molecule has 5 heterocycles. The summed E-state index contributed by atoms with van der Waals surface area (Å²) in [7, 11) is 1.53. The molecule has 0 aliphatic carbocycles. The molecule has 0 amide bonds. The highest BCUT2D eigenvalue weighted by Gasteiger charge is 2.18. The van der Waals surface area contributed by atoms with Crippen LogP contribution in [0.4, 0.5) is 0 Å². The fourth-order valence-corrected chi connectivity index (χ4v) is 3.26. The molecule has 12 heteroatoms. The lowest BCUT2D eigenvalue weighted by Gasteiger charge is -2.22. The number of aryl methyl sites for hydroxylation is 1. The molecule has 12 nitrogen and oxygen atoms in total. The Morgan fingerprint density at radius 3 is 2.72 bits per heavy atom. The predicted octanol–water partition coefficient (Wildman–Crippen LogP) is 2.02. The molecule has 0 aromatic carbocycles. The van der Waals surface area contributed by atoms with E-state index in [1.54, 1.807) is 31.5 Å². The Kier molecular flexibility index (Phi) is 5.50. The summed E-state index contributed by atoms with van der Waals surface area (Å²) in [5.41, 5.74) is 1.62. The largest absolute Gasteiger partial charge is 0.491 e. The molecule has 1 aliphatic heterocycles. The number of aromatic nitrogens is 7. The molecule has 4 aromatic heterocycles. The lowest BCUT2D eigenvalue weighted by Crippen LogP contribution is -2.26. The maximum Gasteiger partial charge on any atom is 0.275 e. The van der Waals surface area contributed by atoms with Crippen LogP contribution < -0.4 is 14.2 Å². The van der Waals surface area contributed by atoms with Crippen LogP contribution in [-0.4, -0.2) is 61.4 Å². The van der Waals surface area contributed by atoms with Gasteiger partial charge in [-0.15, -0.1) is 15.3 Å². The van der Waals surface area contributed by atoms with Crippen LogP contribution in [0.25, 0.3) is 17.2 Å².